The van der Waals surface area contributed by atoms with Crippen LogP contribution in [0.5, 0.6) is 5.75 Å². The summed E-state index contributed by atoms with van der Waals surface area (Å²) in [4.78, 5) is 10.9. The Morgan fingerprint density at radius 2 is 2.33 bits per heavy atom. The molecule has 1 rings (SSSR count). The van der Waals surface area contributed by atoms with Gasteiger partial charge >= 0.3 is 0 Å². The van der Waals surface area contributed by atoms with E-state index in [0.717, 1.165) is 12.1 Å². The Labute approximate surface area is 86.5 Å². The molecule has 0 aliphatic rings. The number of rotatable bonds is 3. The topological polar surface area (TPSA) is 64.4 Å². The van der Waals surface area contributed by atoms with Gasteiger partial charge in [0.15, 0.2) is 5.82 Å². The molecule has 0 unspecified atom stereocenters. The van der Waals surface area contributed by atoms with Gasteiger partial charge in [-0.2, -0.15) is 0 Å². The normalized spacial score (nSPS) is 9.47. The highest BCUT2D eigenvalue weighted by atomic mass is 19.1. The highest BCUT2D eigenvalue weighted by molar-refractivity contribution is 5.99. The van der Waals surface area contributed by atoms with E-state index in [0.29, 0.717) is 0 Å². The molecule has 1 amide bonds. The number of nitrogens with one attached hydrogen (secondary N) is 1. The lowest BCUT2D eigenvalue weighted by Crippen LogP contribution is -2.09. The third-order valence-electron chi connectivity index (χ3n) is 1.76. The van der Waals surface area contributed by atoms with Crippen LogP contribution in [-0.4, -0.2) is 13.0 Å². The molecule has 0 saturated carbocycles. The Kier molecular flexibility index (Phi) is 3.28. The molecule has 0 aromatic heterocycles. The van der Waals surface area contributed by atoms with Crippen LogP contribution < -0.4 is 15.8 Å². The first-order valence-corrected chi connectivity index (χ1v) is 4.15. The number of anilines is 2. The zero-order valence-corrected chi connectivity index (χ0v) is 8.21. The molecule has 4 nitrogen and oxygen atoms in total. The second-order valence-electron chi connectivity index (χ2n) is 2.77. The summed E-state index contributed by atoms with van der Waals surface area (Å²) in [7, 11) is 1.38. The van der Waals surface area contributed by atoms with E-state index in [9.17, 15) is 9.18 Å². The van der Waals surface area contributed by atoms with E-state index in [1.54, 1.807) is 0 Å². The van der Waals surface area contributed by atoms with Crippen molar-refractivity contribution in [3.63, 3.8) is 0 Å². The van der Waals surface area contributed by atoms with Crippen LogP contribution in [0, 0.1) is 5.82 Å². The summed E-state index contributed by atoms with van der Waals surface area (Å²) in [5.41, 5.74) is 5.80. The van der Waals surface area contributed by atoms with E-state index in [1.807, 2.05) is 0 Å². The molecule has 0 spiro atoms. The lowest BCUT2D eigenvalue weighted by molar-refractivity contribution is -0.111. The maximum absolute atomic E-state index is 13.3. The molecule has 0 fully saturated rings. The maximum atomic E-state index is 13.3. The summed E-state index contributed by atoms with van der Waals surface area (Å²) in [6, 6.07) is 2.39. The van der Waals surface area contributed by atoms with E-state index >= 15 is 0 Å². The van der Waals surface area contributed by atoms with Crippen LogP contribution in [0.25, 0.3) is 0 Å². The predicted octanol–water partition coefficient (Wildman–Crippen LogP) is 1.54. The minimum absolute atomic E-state index is 0.00167. The molecule has 0 aliphatic heterocycles. The van der Waals surface area contributed by atoms with Gasteiger partial charge in [-0.1, -0.05) is 6.58 Å². The van der Waals surface area contributed by atoms with Crippen molar-refractivity contribution < 1.29 is 13.9 Å². The fourth-order valence-corrected chi connectivity index (χ4v) is 1.03. The fourth-order valence-electron chi connectivity index (χ4n) is 1.03. The number of nitrogen functional groups attached to an aromatic ring is 1. The third kappa shape index (κ3) is 2.46. The molecule has 5 heteroatoms. The van der Waals surface area contributed by atoms with Crippen molar-refractivity contribution >= 4 is 17.3 Å². The Morgan fingerprint density at radius 3 is 2.87 bits per heavy atom. The third-order valence-corrected chi connectivity index (χ3v) is 1.76. The number of hydrogen-bond acceptors (Lipinski definition) is 3. The van der Waals surface area contributed by atoms with Crippen LogP contribution in [0.3, 0.4) is 0 Å². The number of amides is 1. The first-order valence-electron chi connectivity index (χ1n) is 4.15. The van der Waals surface area contributed by atoms with E-state index in [1.165, 1.54) is 13.2 Å². The van der Waals surface area contributed by atoms with E-state index < -0.39 is 11.7 Å². The van der Waals surface area contributed by atoms with Gasteiger partial charge in [0.1, 0.15) is 5.75 Å². The summed E-state index contributed by atoms with van der Waals surface area (Å²) >= 11 is 0. The van der Waals surface area contributed by atoms with Crippen LogP contribution in [0.4, 0.5) is 15.8 Å². The molecule has 0 heterocycles. The van der Waals surface area contributed by atoms with Gasteiger partial charge in [0, 0.05) is 6.07 Å². The van der Waals surface area contributed by atoms with Gasteiger partial charge in [-0.05, 0) is 12.1 Å². The smallest absolute Gasteiger partial charge is 0.247 e. The van der Waals surface area contributed by atoms with Crippen molar-refractivity contribution in [2.75, 3.05) is 18.2 Å². The SMILES string of the molecule is C=CC(=O)Nc1cc(N)c(OC)cc1F. The second-order valence-corrected chi connectivity index (χ2v) is 2.77. The van der Waals surface area contributed by atoms with E-state index in [-0.39, 0.29) is 17.1 Å². The summed E-state index contributed by atoms with van der Waals surface area (Å²) in [6.45, 7) is 3.25. The highest BCUT2D eigenvalue weighted by Gasteiger charge is 2.09. The van der Waals surface area contributed by atoms with Crippen molar-refractivity contribution in [2.45, 2.75) is 0 Å². The van der Waals surface area contributed by atoms with Gasteiger partial charge in [-0.25, -0.2) is 4.39 Å². The molecule has 0 radical (unpaired) electrons. The zero-order chi connectivity index (χ0) is 11.4. The van der Waals surface area contributed by atoms with Crippen molar-refractivity contribution in [1.82, 2.24) is 0 Å². The summed E-state index contributed by atoms with van der Waals surface area (Å²) in [6.07, 6.45) is 1.04. The monoisotopic (exact) mass is 210 g/mol. The van der Waals surface area contributed by atoms with Crippen LogP contribution in [-0.2, 0) is 4.79 Å². The van der Waals surface area contributed by atoms with Gasteiger partial charge in [0.05, 0.1) is 18.5 Å². The summed E-state index contributed by atoms with van der Waals surface area (Å²) in [5.74, 6) is -0.890. The molecule has 0 saturated heterocycles. The molecular weight excluding hydrogens is 199 g/mol. The number of nitrogens with two attached hydrogens (primary N) is 1. The minimum atomic E-state index is -0.615. The summed E-state index contributed by atoms with van der Waals surface area (Å²) in [5, 5.41) is 2.28. The molecule has 80 valence electrons. The standard InChI is InChI=1S/C10H11FN2O2/c1-3-10(14)13-8-5-7(12)9(15-2)4-6(8)11/h3-5H,1,12H2,2H3,(H,13,14). The lowest BCUT2D eigenvalue weighted by atomic mass is 10.2. The highest BCUT2D eigenvalue weighted by Crippen LogP contribution is 2.27. The Hall–Kier alpha value is -2.04. The second kappa shape index (κ2) is 4.45. The Balaban J connectivity index is 3.05. The first-order chi connectivity index (χ1) is 7.08. The molecule has 1 aromatic rings. The number of carbonyl (C=O) groups is 1. The van der Waals surface area contributed by atoms with Crippen molar-refractivity contribution in [3.8, 4) is 5.75 Å². The molecule has 3 N–H and O–H groups in total. The van der Waals surface area contributed by atoms with Crippen molar-refractivity contribution in [2.24, 2.45) is 0 Å². The van der Waals surface area contributed by atoms with Gasteiger partial charge in [0.2, 0.25) is 5.91 Å². The van der Waals surface area contributed by atoms with Gasteiger partial charge < -0.3 is 15.8 Å². The van der Waals surface area contributed by atoms with Crippen LogP contribution in [0.15, 0.2) is 24.8 Å². The van der Waals surface area contributed by atoms with Crippen LogP contribution >= 0.6 is 0 Å². The molecule has 0 aliphatic carbocycles. The minimum Gasteiger partial charge on any atom is -0.494 e. The Morgan fingerprint density at radius 1 is 1.67 bits per heavy atom. The molecule has 1 aromatic carbocycles. The number of hydrogen-bond donors (Lipinski definition) is 2. The quantitative estimate of drug-likeness (QED) is 0.587. The maximum Gasteiger partial charge on any atom is 0.247 e. The van der Waals surface area contributed by atoms with Crippen LogP contribution in [0.2, 0.25) is 0 Å². The van der Waals surface area contributed by atoms with Crippen molar-refractivity contribution in [1.29, 1.82) is 0 Å². The van der Waals surface area contributed by atoms with E-state index in [2.05, 4.69) is 11.9 Å². The summed E-state index contributed by atoms with van der Waals surface area (Å²) < 4.78 is 18.1. The predicted molar refractivity (Wildman–Crippen MR) is 56.2 cm³/mol. The molecule has 15 heavy (non-hydrogen) atoms. The first kappa shape index (κ1) is 11.0. The zero-order valence-electron chi connectivity index (χ0n) is 8.21. The fraction of sp³-hybridized carbons (Fsp3) is 0.100. The van der Waals surface area contributed by atoms with Gasteiger partial charge in [0.25, 0.3) is 0 Å². The largest absolute Gasteiger partial charge is 0.494 e. The molecular formula is C10H11FN2O2. The number of benzene rings is 1. The molecule has 0 atom stereocenters. The number of halogens is 1. The van der Waals surface area contributed by atoms with Crippen molar-refractivity contribution in [3.05, 3.63) is 30.6 Å². The Bertz CT molecular complexity index is 405. The average Bonchev–Trinajstić information content (AvgIpc) is 2.22. The van der Waals surface area contributed by atoms with Gasteiger partial charge in [-0.3, -0.25) is 4.79 Å². The number of ether oxygens (including phenoxy) is 1. The molecule has 0 bridgehead atoms. The van der Waals surface area contributed by atoms with E-state index in [4.69, 9.17) is 10.5 Å². The number of methoxy groups -OCH3 is 1. The van der Waals surface area contributed by atoms with Gasteiger partial charge in [-0.15, -0.1) is 0 Å². The van der Waals surface area contributed by atoms with Crippen LogP contribution in [0.1, 0.15) is 0 Å². The lowest BCUT2D eigenvalue weighted by Gasteiger charge is -2.08. The average molecular weight is 210 g/mol. The number of carbonyl (C=O) groups excluding carboxylic acids is 1.